The molecule has 3 amide bonds. The summed E-state index contributed by atoms with van der Waals surface area (Å²) in [4.78, 5) is 55.9. The monoisotopic (exact) mass is 653 g/mol. The van der Waals surface area contributed by atoms with E-state index in [2.05, 4.69) is 26.2 Å². The fourth-order valence-electron chi connectivity index (χ4n) is 4.73. The number of aliphatic carboxylic acids is 1. The van der Waals surface area contributed by atoms with Crippen LogP contribution in [0, 0.1) is 0 Å². The topological polar surface area (TPSA) is 129 Å². The van der Waals surface area contributed by atoms with E-state index in [9.17, 15) is 24.3 Å². The Morgan fingerprint density at radius 3 is 2.09 bits per heavy atom. The van der Waals surface area contributed by atoms with Crippen LogP contribution in [0.5, 0.6) is 5.75 Å². The molecule has 5 aromatic rings. The number of halogens is 1. The van der Waals surface area contributed by atoms with Gasteiger partial charge in [-0.15, -0.1) is 0 Å². The first-order chi connectivity index (χ1) is 21.3. The lowest BCUT2D eigenvalue weighted by atomic mass is 10.0. The number of carboxylic acid groups (broad SMARTS) is 1. The average Bonchev–Trinajstić information content (AvgIpc) is 3.44. The van der Waals surface area contributed by atoms with E-state index in [0.29, 0.717) is 16.9 Å². The molecule has 0 aliphatic heterocycles. The van der Waals surface area contributed by atoms with Gasteiger partial charge in [-0.25, -0.2) is 4.79 Å². The zero-order valence-electron chi connectivity index (χ0n) is 23.4. The molecule has 5 rings (SSSR count). The van der Waals surface area contributed by atoms with Crippen molar-refractivity contribution >= 4 is 50.5 Å². The highest BCUT2D eigenvalue weighted by Gasteiger charge is 2.25. The van der Waals surface area contributed by atoms with Gasteiger partial charge in [0.05, 0.1) is 6.54 Å². The lowest BCUT2D eigenvalue weighted by Crippen LogP contribution is -2.42. The quantitative estimate of drug-likeness (QED) is 0.157. The van der Waals surface area contributed by atoms with Gasteiger partial charge in [-0.1, -0.05) is 58.4 Å². The number of H-pyrrole nitrogens is 1. The van der Waals surface area contributed by atoms with Gasteiger partial charge < -0.3 is 20.1 Å². The van der Waals surface area contributed by atoms with Crippen LogP contribution in [-0.2, 0) is 11.2 Å². The minimum absolute atomic E-state index is 0.0317. The van der Waals surface area contributed by atoms with E-state index < -0.39 is 29.7 Å². The molecule has 222 valence electrons. The van der Waals surface area contributed by atoms with Crippen LogP contribution >= 0.6 is 15.9 Å². The Morgan fingerprint density at radius 1 is 0.818 bits per heavy atom. The lowest BCUT2D eigenvalue weighted by Gasteiger charge is -2.21. The summed E-state index contributed by atoms with van der Waals surface area (Å²) in [7, 11) is 0. The maximum Gasteiger partial charge on any atom is 0.326 e. The van der Waals surface area contributed by atoms with Gasteiger partial charge >= 0.3 is 5.97 Å². The lowest BCUT2D eigenvalue weighted by molar-refractivity contribution is -0.139. The van der Waals surface area contributed by atoms with E-state index in [-0.39, 0.29) is 25.1 Å². The van der Waals surface area contributed by atoms with Crippen molar-refractivity contribution in [3.8, 4) is 5.75 Å². The molecule has 0 radical (unpaired) electrons. The molecular formula is C34H28BrN3O6. The molecule has 0 saturated heterocycles. The molecule has 1 atom stereocenters. The van der Waals surface area contributed by atoms with Crippen molar-refractivity contribution in [1.82, 2.24) is 15.2 Å². The van der Waals surface area contributed by atoms with Crippen LogP contribution < -0.4 is 10.1 Å². The zero-order valence-corrected chi connectivity index (χ0v) is 25.0. The SMILES string of the molecule is O=C(NC(Cc1c[nH]c2ccc(Br)cc12)C(=O)O)c1cccc(OCCN(C(=O)c2ccccc2)C(=O)c2ccccc2)c1. The van der Waals surface area contributed by atoms with Crippen LogP contribution in [0.25, 0.3) is 10.9 Å². The van der Waals surface area contributed by atoms with Crippen molar-refractivity contribution in [2.45, 2.75) is 12.5 Å². The fourth-order valence-corrected chi connectivity index (χ4v) is 5.09. The van der Waals surface area contributed by atoms with Gasteiger partial charge in [-0.05, 0) is 66.2 Å². The Balaban J connectivity index is 1.25. The minimum atomic E-state index is -1.17. The maximum atomic E-state index is 13.3. The highest BCUT2D eigenvalue weighted by Crippen LogP contribution is 2.24. The van der Waals surface area contributed by atoms with Crippen LogP contribution in [0.2, 0.25) is 0 Å². The summed E-state index contributed by atoms with van der Waals surface area (Å²) >= 11 is 3.44. The third-order valence-corrected chi connectivity index (χ3v) is 7.46. The predicted molar refractivity (Wildman–Crippen MR) is 169 cm³/mol. The summed E-state index contributed by atoms with van der Waals surface area (Å²) in [6, 6.07) is 27.8. The molecule has 0 bridgehead atoms. The second-order valence-corrected chi connectivity index (χ2v) is 10.9. The number of nitrogens with zero attached hydrogens (tertiary/aromatic N) is 1. The number of rotatable bonds is 11. The summed E-state index contributed by atoms with van der Waals surface area (Å²) in [5.41, 5.74) is 2.55. The highest BCUT2D eigenvalue weighted by molar-refractivity contribution is 9.10. The van der Waals surface area contributed by atoms with Gasteiger partial charge in [0.2, 0.25) is 0 Å². The first kappa shape index (κ1) is 30.2. The Hall–Kier alpha value is -5.22. The van der Waals surface area contributed by atoms with Crippen molar-refractivity contribution in [3.63, 3.8) is 0 Å². The molecule has 10 heteroatoms. The van der Waals surface area contributed by atoms with Crippen molar-refractivity contribution in [1.29, 1.82) is 0 Å². The number of hydrogen-bond donors (Lipinski definition) is 3. The molecule has 1 aromatic heterocycles. The van der Waals surface area contributed by atoms with Crippen molar-refractivity contribution in [2.75, 3.05) is 13.2 Å². The molecule has 0 fully saturated rings. The van der Waals surface area contributed by atoms with Gasteiger partial charge in [-0.3, -0.25) is 19.3 Å². The van der Waals surface area contributed by atoms with Gasteiger partial charge in [0, 0.05) is 44.7 Å². The maximum absolute atomic E-state index is 13.3. The summed E-state index contributed by atoms with van der Waals surface area (Å²) < 4.78 is 6.70. The first-order valence-corrected chi connectivity index (χ1v) is 14.6. The predicted octanol–water partition coefficient (Wildman–Crippen LogP) is 5.72. The molecule has 0 aliphatic carbocycles. The zero-order chi connectivity index (χ0) is 31.1. The summed E-state index contributed by atoms with van der Waals surface area (Å²) in [6.45, 7) is -0.0736. The van der Waals surface area contributed by atoms with E-state index in [1.165, 1.54) is 6.07 Å². The molecule has 0 spiro atoms. The summed E-state index contributed by atoms with van der Waals surface area (Å²) in [5.74, 6) is -2.34. The van der Waals surface area contributed by atoms with Crippen molar-refractivity contribution in [3.05, 3.63) is 136 Å². The largest absolute Gasteiger partial charge is 0.492 e. The second kappa shape index (κ2) is 13.8. The number of carbonyl (C=O) groups excluding carboxylic acids is 3. The van der Waals surface area contributed by atoms with Gasteiger partial charge in [0.1, 0.15) is 18.4 Å². The third kappa shape index (κ3) is 7.22. The first-order valence-electron chi connectivity index (χ1n) is 13.8. The molecular weight excluding hydrogens is 626 g/mol. The standard InChI is InChI=1S/C34H28BrN3O6/c35-26-14-15-29-28(20-26)25(21-36-29)19-30(34(42)43)37-31(39)24-12-7-13-27(18-24)44-17-16-38(32(40)22-8-3-1-4-9-22)33(41)23-10-5-2-6-11-23/h1-15,18,20-21,30,36H,16-17,19H2,(H,37,39)(H,42,43). The Labute approximate surface area is 261 Å². The van der Waals surface area contributed by atoms with Gasteiger partial charge in [-0.2, -0.15) is 0 Å². The molecule has 3 N–H and O–H groups in total. The number of aromatic nitrogens is 1. The number of ether oxygens (including phenoxy) is 1. The Kier molecular flexibility index (Phi) is 9.51. The smallest absolute Gasteiger partial charge is 0.326 e. The Morgan fingerprint density at radius 2 is 1.45 bits per heavy atom. The normalized spacial score (nSPS) is 11.5. The number of fused-ring (bicyclic) bond motifs is 1. The summed E-state index contributed by atoms with van der Waals surface area (Å²) in [5, 5.41) is 13.3. The highest BCUT2D eigenvalue weighted by atomic mass is 79.9. The van der Waals surface area contributed by atoms with Gasteiger partial charge in [0.15, 0.2) is 0 Å². The number of aromatic amines is 1. The average molecular weight is 655 g/mol. The number of imide groups is 1. The summed E-state index contributed by atoms with van der Waals surface area (Å²) in [6.07, 6.45) is 1.82. The molecule has 1 unspecified atom stereocenters. The van der Waals surface area contributed by atoms with Crippen LogP contribution in [0.4, 0.5) is 0 Å². The number of nitrogens with one attached hydrogen (secondary N) is 2. The molecule has 44 heavy (non-hydrogen) atoms. The number of benzene rings is 4. The van der Waals surface area contributed by atoms with E-state index >= 15 is 0 Å². The van der Waals surface area contributed by atoms with E-state index in [0.717, 1.165) is 25.8 Å². The number of carboxylic acids is 1. The molecule has 0 saturated carbocycles. The second-order valence-electron chi connectivity index (χ2n) is 9.94. The molecule has 1 heterocycles. The Bertz CT molecular complexity index is 1750. The van der Waals surface area contributed by atoms with Crippen molar-refractivity contribution in [2.24, 2.45) is 0 Å². The van der Waals surface area contributed by atoms with E-state index in [4.69, 9.17) is 4.74 Å². The van der Waals surface area contributed by atoms with Crippen LogP contribution in [-0.4, -0.2) is 57.9 Å². The van der Waals surface area contributed by atoms with Crippen LogP contribution in [0.15, 0.2) is 114 Å². The molecule has 9 nitrogen and oxygen atoms in total. The van der Waals surface area contributed by atoms with Gasteiger partial charge in [0.25, 0.3) is 17.7 Å². The molecule has 0 aliphatic rings. The fraction of sp³-hybridized carbons (Fsp3) is 0.118. The van der Waals surface area contributed by atoms with E-state index in [1.807, 2.05) is 18.2 Å². The number of amides is 3. The number of hydrogen-bond acceptors (Lipinski definition) is 5. The van der Waals surface area contributed by atoms with Crippen LogP contribution in [0.1, 0.15) is 36.6 Å². The van der Waals surface area contributed by atoms with Crippen LogP contribution in [0.3, 0.4) is 0 Å². The molecule has 4 aromatic carbocycles. The number of carbonyl (C=O) groups is 4. The third-order valence-electron chi connectivity index (χ3n) is 6.97. The minimum Gasteiger partial charge on any atom is -0.492 e. The van der Waals surface area contributed by atoms with Crippen molar-refractivity contribution < 1.29 is 29.0 Å². The van der Waals surface area contributed by atoms with E-state index in [1.54, 1.807) is 85.1 Å².